The van der Waals surface area contributed by atoms with Crippen LogP contribution in [0, 0.1) is 0 Å². The lowest BCUT2D eigenvalue weighted by atomic mass is 9.98. The normalized spacial score (nSPS) is 29.1. The molecule has 2 atom stereocenters. The molecule has 0 saturated heterocycles. The first-order chi connectivity index (χ1) is 5.88. The number of hydrogen-bond acceptors (Lipinski definition) is 1. The lowest BCUT2D eigenvalue weighted by molar-refractivity contribution is 0.739. The van der Waals surface area contributed by atoms with Crippen molar-refractivity contribution in [3.05, 3.63) is 35.9 Å². The Morgan fingerprint density at radius 2 is 1.83 bits per heavy atom. The van der Waals surface area contributed by atoms with Crippen LogP contribution in [0.2, 0.25) is 0 Å². The van der Waals surface area contributed by atoms with E-state index < -0.39 is 0 Å². The van der Waals surface area contributed by atoms with Crippen molar-refractivity contribution in [2.24, 2.45) is 0 Å². The molecule has 0 spiro atoms. The number of hydrogen-bond donors (Lipinski definition) is 1. The van der Waals surface area contributed by atoms with Gasteiger partial charge in [0.1, 0.15) is 0 Å². The first-order valence-electron chi connectivity index (χ1n) is 4.61. The summed E-state index contributed by atoms with van der Waals surface area (Å²) < 4.78 is 0. The van der Waals surface area contributed by atoms with Crippen LogP contribution in [-0.4, -0.2) is 5.25 Å². The Labute approximate surface area is 79.4 Å². The Hall–Kier alpha value is -0.430. The zero-order chi connectivity index (χ0) is 8.39. The van der Waals surface area contributed by atoms with E-state index in [4.69, 9.17) is 0 Å². The predicted octanol–water partition coefficient (Wildman–Crippen LogP) is 3.25. The van der Waals surface area contributed by atoms with Crippen LogP contribution >= 0.6 is 12.6 Å². The fourth-order valence-electron chi connectivity index (χ4n) is 2.03. The molecule has 12 heavy (non-hydrogen) atoms. The molecule has 1 saturated carbocycles. The Morgan fingerprint density at radius 3 is 2.42 bits per heavy atom. The molecule has 1 fully saturated rings. The highest BCUT2D eigenvalue weighted by molar-refractivity contribution is 7.81. The van der Waals surface area contributed by atoms with Gasteiger partial charge in [0.05, 0.1) is 0 Å². The monoisotopic (exact) mass is 178 g/mol. The quantitative estimate of drug-likeness (QED) is 0.627. The van der Waals surface area contributed by atoms with Gasteiger partial charge in [-0.1, -0.05) is 36.8 Å². The second-order valence-electron chi connectivity index (χ2n) is 3.52. The summed E-state index contributed by atoms with van der Waals surface area (Å²) in [5.41, 5.74) is 1.47. The molecule has 0 aromatic heterocycles. The zero-order valence-corrected chi connectivity index (χ0v) is 8.00. The SMILES string of the molecule is SC1CCCC1c1ccccc1. The van der Waals surface area contributed by atoms with Gasteiger partial charge in [-0.25, -0.2) is 0 Å². The van der Waals surface area contributed by atoms with E-state index in [0.29, 0.717) is 11.2 Å². The molecule has 0 nitrogen and oxygen atoms in total. The summed E-state index contributed by atoms with van der Waals surface area (Å²) in [6.07, 6.45) is 3.94. The van der Waals surface area contributed by atoms with Crippen LogP contribution in [0.3, 0.4) is 0 Å². The first-order valence-corrected chi connectivity index (χ1v) is 5.12. The lowest BCUT2D eigenvalue weighted by Gasteiger charge is -2.14. The summed E-state index contributed by atoms with van der Waals surface area (Å²) in [5.74, 6) is 0.703. The van der Waals surface area contributed by atoms with Crippen molar-refractivity contribution in [1.29, 1.82) is 0 Å². The maximum Gasteiger partial charge on any atom is 0.00855 e. The van der Waals surface area contributed by atoms with E-state index in [-0.39, 0.29) is 0 Å². The highest BCUT2D eigenvalue weighted by Gasteiger charge is 2.24. The summed E-state index contributed by atoms with van der Waals surface area (Å²) in [7, 11) is 0. The largest absolute Gasteiger partial charge is 0.175 e. The van der Waals surface area contributed by atoms with E-state index in [1.54, 1.807) is 0 Å². The summed E-state index contributed by atoms with van der Waals surface area (Å²) in [6, 6.07) is 10.8. The predicted molar refractivity (Wildman–Crippen MR) is 55.8 cm³/mol. The lowest BCUT2D eigenvalue weighted by Crippen LogP contribution is -2.04. The minimum Gasteiger partial charge on any atom is -0.175 e. The fourth-order valence-corrected chi connectivity index (χ4v) is 2.53. The topological polar surface area (TPSA) is 0 Å². The molecule has 2 unspecified atom stereocenters. The van der Waals surface area contributed by atoms with Gasteiger partial charge in [-0.05, 0) is 24.3 Å². The van der Waals surface area contributed by atoms with Crippen LogP contribution in [0.25, 0.3) is 0 Å². The van der Waals surface area contributed by atoms with Crippen LogP contribution in [0.4, 0.5) is 0 Å². The van der Waals surface area contributed by atoms with E-state index in [9.17, 15) is 0 Å². The minimum atomic E-state index is 0.590. The standard InChI is InChI=1S/C11H14S/c12-11-8-4-7-10(11)9-5-2-1-3-6-9/h1-3,5-6,10-12H,4,7-8H2. The van der Waals surface area contributed by atoms with Crippen LogP contribution in [0.1, 0.15) is 30.7 Å². The maximum atomic E-state index is 4.60. The molecular formula is C11H14S. The third kappa shape index (κ3) is 1.51. The molecule has 1 aromatic carbocycles. The van der Waals surface area contributed by atoms with Crippen LogP contribution in [-0.2, 0) is 0 Å². The first kappa shape index (κ1) is 8.18. The van der Waals surface area contributed by atoms with Crippen molar-refractivity contribution >= 4 is 12.6 Å². The number of benzene rings is 1. The Balaban J connectivity index is 2.19. The van der Waals surface area contributed by atoms with Crippen molar-refractivity contribution in [1.82, 2.24) is 0 Å². The van der Waals surface area contributed by atoms with Crippen LogP contribution < -0.4 is 0 Å². The maximum absolute atomic E-state index is 4.60. The molecule has 1 aliphatic carbocycles. The Morgan fingerprint density at radius 1 is 1.08 bits per heavy atom. The molecule has 0 aliphatic heterocycles. The summed E-state index contributed by atoms with van der Waals surface area (Å²) in [5, 5.41) is 0.590. The second kappa shape index (κ2) is 3.53. The highest BCUT2D eigenvalue weighted by Crippen LogP contribution is 2.37. The third-order valence-electron chi connectivity index (χ3n) is 2.71. The summed E-state index contributed by atoms with van der Waals surface area (Å²) in [4.78, 5) is 0. The van der Waals surface area contributed by atoms with Gasteiger partial charge < -0.3 is 0 Å². The molecule has 0 radical (unpaired) electrons. The molecule has 2 rings (SSSR count). The van der Waals surface area contributed by atoms with E-state index >= 15 is 0 Å². The molecule has 0 bridgehead atoms. The summed E-state index contributed by atoms with van der Waals surface area (Å²) >= 11 is 4.60. The highest BCUT2D eigenvalue weighted by atomic mass is 32.1. The van der Waals surface area contributed by atoms with Crippen molar-refractivity contribution in [2.75, 3.05) is 0 Å². The van der Waals surface area contributed by atoms with Gasteiger partial charge in [0.25, 0.3) is 0 Å². The molecule has 0 N–H and O–H groups in total. The number of thiol groups is 1. The smallest absolute Gasteiger partial charge is 0.00855 e. The molecule has 0 amide bonds. The van der Waals surface area contributed by atoms with Gasteiger partial charge in [-0.2, -0.15) is 12.6 Å². The van der Waals surface area contributed by atoms with Gasteiger partial charge >= 0.3 is 0 Å². The summed E-state index contributed by atoms with van der Waals surface area (Å²) in [6.45, 7) is 0. The molecule has 1 aromatic rings. The zero-order valence-electron chi connectivity index (χ0n) is 7.11. The van der Waals surface area contributed by atoms with Crippen molar-refractivity contribution in [3.63, 3.8) is 0 Å². The average Bonchev–Trinajstić information content (AvgIpc) is 2.53. The number of rotatable bonds is 1. The van der Waals surface area contributed by atoms with Crippen molar-refractivity contribution in [2.45, 2.75) is 30.4 Å². The van der Waals surface area contributed by atoms with E-state index in [0.717, 1.165) is 0 Å². The van der Waals surface area contributed by atoms with Gasteiger partial charge in [0, 0.05) is 5.25 Å². The van der Waals surface area contributed by atoms with Gasteiger partial charge in [0.15, 0.2) is 0 Å². The molecule has 0 heterocycles. The van der Waals surface area contributed by atoms with Gasteiger partial charge in [0.2, 0.25) is 0 Å². The molecular weight excluding hydrogens is 164 g/mol. The second-order valence-corrected chi connectivity index (χ2v) is 4.18. The fraction of sp³-hybridized carbons (Fsp3) is 0.455. The van der Waals surface area contributed by atoms with Crippen molar-refractivity contribution in [3.8, 4) is 0 Å². The molecule has 1 heteroatoms. The van der Waals surface area contributed by atoms with Crippen LogP contribution in [0.5, 0.6) is 0 Å². The van der Waals surface area contributed by atoms with E-state index in [1.807, 2.05) is 0 Å². The Bertz CT molecular complexity index is 242. The Kier molecular flexibility index (Phi) is 2.40. The molecule has 64 valence electrons. The van der Waals surface area contributed by atoms with Gasteiger partial charge in [-0.15, -0.1) is 0 Å². The minimum absolute atomic E-state index is 0.590. The van der Waals surface area contributed by atoms with E-state index in [1.165, 1.54) is 24.8 Å². The third-order valence-corrected chi connectivity index (χ3v) is 3.33. The molecule has 1 aliphatic rings. The van der Waals surface area contributed by atoms with Crippen molar-refractivity contribution < 1.29 is 0 Å². The van der Waals surface area contributed by atoms with Crippen LogP contribution in [0.15, 0.2) is 30.3 Å². The average molecular weight is 178 g/mol. The van der Waals surface area contributed by atoms with E-state index in [2.05, 4.69) is 43.0 Å². The van der Waals surface area contributed by atoms with Gasteiger partial charge in [-0.3, -0.25) is 0 Å².